The van der Waals surface area contributed by atoms with E-state index in [4.69, 9.17) is 9.47 Å². The molecule has 1 aliphatic carbocycles. The van der Waals surface area contributed by atoms with Crippen molar-refractivity contribution < 1.29 is 9.47 Å². The van der Waals surface area contributed by atoms with Crippen LogP contribution in [-0.4, -0.2) is 43.4 Å². The van der Waals surface area contributed by atoms with E-state index in [0.717, 1.165) is 32.9 Å². The van der Waals surface area contributed by atoms with Crippen LogP contribution in [0.4, 0.5) is 0 Å². The minimum Gasteiger partial charge on any atom is -0.381 e. The maximum atomic E-state index is 6.04. The van der Waals surface area contributed by atoms with Crippen molar-refractivity contribution in [3.8, 4) is 0 Å². The van der Waals surface area contributed by atoms with E-state index in [2.05, 4.69) is 29.3 Å². The monoisotopic (exact) mass is 281 g/mol. The molecule has 0 aromatic carbocycles. The summed E-state index contributed by atoms with van der Waals surface area (Å²) in [7, 11) is 0. The maximum absolute atomic E-state index is 6.04. The standard InChI is InChI=1S/C15H23NO2S/c1-2-17-11-12-5-6-14-15(12)18-8-7-16(14)10-13-4-3-9-19-13/h3-4,9,12,14-15H,2,5-8,10-11H2,1H3/t12-,14+,15+/m0/s1. The zero-order valence-electron chi connectivity index (χ0n) is 11.6. The normalized spacial score (nSPS) is 31.5. The van der Waals surface area contributed by atoms with Gasteiger partial charge in [0, 0.05) is 36.5 Å². The van der Waals surface area contributed by atoms with Gasteiger partial charge in [-0.05, 0) is 31.2 Å². The number of hydrogen-bond donors (Lipinski definition) is 0. The molecule has 106 valence electrons. The topological polar surface area (TPSA) is 21.7 Å². The number of hydrogen-bond acceptors (Lipinski definition) is 4. The van der Waals surface area contributed by atoms with E-state index in [1.807, 2.05) is 11.3 Å². The first-order valence-corrected chi connectivity index (χ1v) is 8.22. The summed E-state index contributed by atoms with van der Waals surface area (Å²) in [5.74, 6) is 0.594. The van der Waals surface area contributed by atoms with Crippen molar-refractivity contribution >= 4 is 11.3 Å². The zero-order valence-corrected chi connectivity index (χ0v) is 12.4. The summed E-state index contributed by atoms with van der Waals surface area (Å²) in [4.78, 5) is 4.08. The van der Waals surface area contributed by atoms with Gasteiger partial charge < -0.3 is 9.47 Å². The average molecular weight is 281 g/mol. The lowest BCUT2D eigenvalue weighted by Gasteiger charge is -2.39. The predicted molar refractivity (Wildman–Crippen MR) is 77.5 cm³/mol. The van der Waals surface area contributed by atoms with Gasteiger partial charge in [-0.1, -0.05) is 6.07 Å². The molecule has 0 unspecified atom stereocenters. The van der Waals surface area contributed by atoms with Crippen LogP contribution in [0, 0.1) is 5.92 Å². The summed E-state index contributed by atoms with van der Waals surface area (Å²) in [6.45, 7) is 6.77. The van der Waals surface area contributed by atoms with Gasteiger partial charge in [-0.15, -0.1) is 11.3 Å². The average Bonchev–Trinajstić information content (AvgIpc) is 3.06. The largest absolute Gasteiger partial charge is 0.381 e. The number of nitrogens with zero attached hydrogens (tertiary/aromatic N) is 1. The lowest BCUT2D eigenvalue weighted by atomic mass is 10.0. The van der Waals surface area contributed by atoms with E-state index in [1.165, 1.54) is 17.7 Å². The lowest BCUT2D eigenvalue weighted by Crippen LogP contribution is -2.50. The molecular formula is C15H23NO2S. The zero-order chi connectivity index (χ0) is 13.1. The van der Waals surface area contributed by atoms with Crippen LogP contribution in [0.15, 0.2) is 17.5 Å². The van der Waals surface area contributed by atoms with Crippen molar-refractivity contribution in [1.29, 1.82) is 0 Å². The Morgan fingerprint density at radius 3 is 3.21 bits per heavy atom. The molecule has 19 heavy (non-hydrogen) atoms. The molecule has 3 rings (SSSR count). The molecule has 0 N–H and O–H groups in total. The molecule has 0 bridgehead atoms. The van der Waals surface area contributed by atoms with Crippen molar-refractivity contribution in [2.75, 3.05) is 26.4 Å². The Bertz CT molecular complexity index is 382. The Morgan fingerprint density at radius 2 is 2.42 bits per heavy atom. The fraction of sp³-hybridized carbons (Fsp3) is 0.733. The molecule has 0 spiro atoms. The van der Waals surface area contributed by atoms with Crippen LogP contribution in [-0.2, 0) is 16.0 Å². The van der Waals surface area contributed by atoms with Crippen molar-refractivity contribution in [2.45, 2.75) is 38.5 Å². The smallest absolute Gasteiger partial charge is 0.0781 e. The van der Waals surface area contributed by atoms with E-state index < -0.39 is 0 Å². The van der Waals surface area contributed by atoms with Crippen molar-refractivity contribution in [3.63, 3.8) is 0 Å². The van der Waals surface area contributed by atoms with Crippen LogP contribution in [0.3, 0.4) is 0 Å². The quantitative estimate of drug-likeness (QED) is 0.828. The number of rotatable bonds is 5. The van der Waals surface area contributed by atoms with Gasteiger partial charge in [-0.2, -0.15) is 0 Å². The first kappa shape index (κ1) is 13.6. The molecule has 1 saturated carbocycles. The molecule has 2 heterocycles. The highest BCUT2D eigenvalue weighted by molar-refractivity contribution is 7.09. The van der Waals surface area contributed by atoms with Gasteiger partial charge in [0.2, 0.25) is 0 Å². The van der Waals surface area contributed by atoms with E-state index in [0.29, 0.717) is 18.1 Å². The second kappa shape index (κ2) is 6.35. The van der Waals surface area contributed by atoms with Gasteiger partial charge in [0.05, 0.1) is 19.3 Å². The van der Waals surface area contributed by atoms with Gasteiger partial charge >= 0.3 is 0 Å². The van der Waals surface area contributed by atoms with Crippen LogP contribution in [0.25, 0.3) is 0 Å². The third-order valence-corrected chi connectivity index (χ3v) is 5.17. The van der Waals surface area contributed by atoms with Crippen molar-refractivity contribution in [1.82, 2.24) is 4.90 Å². The third-order valence-electron chi connectivity index (χ3n) is 4.31. The highest BCUT2D eigenvalue weighted by Crippen LogP contribution is 2.35. The molecule has 1 saturated heterocycles. The number of thiophene rings is 1. The van der Waals surface area contributed by atoms with Crippen molar-refractivity contribution in [2.24, 2.45) is 5.92 Å². The van der Waals surface area contributed by atoms with E-state index in [-0.39, 0.29) is 0 Å². The number of morpholine rings is 1. The third kappa shape index (κ3) is 3.02. The Balaban J connectivity index is 1.62. The Kier molecular flexibility index (Phi) is 4.53. The predicted octanol–water partition coefficient (Wildman–Crippen LogP) is 2.76. The minimum atomic E-state index is 0.389. The Labute approximate surface area is 119 Å². The van der Waals surface area contributed by atoms with Crippen LogP contribution in [0.2, 0.25) is 0 Å². The first-order valence-electron chi connectivity index (χ1n) is 7.34. The van der Waals surface area contributed by atoms with Crippen LogP contribution in [0.5, 0.6) is 0 Å². The van der Waals surface area contributed by atoms with Crippen molar-refractivity contribution in [3.05, 3.63) is 22.4 Å². The fourth-order valence-corrected chi connectivity index (χ4v) is 4.11. The first-order chi connectivity index (χ1) is 9.38. The van der Waals surface area contributed by atoms with E-state index in [1.54, 1.807) is 0 Å². The molecule has 1 aromatic rings. The van der Waals surface area contributed by atoms with Gasteiger partial charge in [0.15, 0.2) is 0 Å². The fourth-order valence-electron chi connectivity index (χ4n) is 3.38. The van der Waals surface area contributed by atoms with Gasteiger partial charge in [0.25, 0.3) is 0 Å². The molecule has 1 aromatic heterocycles. The second-order valence-electron chi connectivity index (χ2n) is 5.45. The molecule has 3 nitrogen and oxygen atoms in total. The van der Waals surface area contributed by atoms with E-state index in [9.17, 15) is 0 Å². The summed E-state index contributed by atoms with van der Waals surface area (Å²) >= 11 is 1.86. The van der Waals surface area contributed by atoms with E-state index >= 15 is 0 Å². The summed E-state index contributed by atoms with van der Waals surface area (Å²) < 4.78 is 11.7. The molecule has 3 atom stereocenters. The second-order valence-corrected chi connectivity index (χ2v) is 6.48. The molecule has 2 aliphatic rings. The Morgan fingerprint density at radius 1 is 1.47 bits per heavy atom. The lowest BCUT2D eigenvalue weighted by molar-refractivity contribution is -0.0872. The van der Waals surface area contributed by atoms with Crippen LogP contribution < -0.4 is 0 Å². The SMILES string of the molecule is CCOC[C@@H]1CC[C@@H]2[C@@H]1OCCN2Cc1cccs1. The van der Waals surface area contributed by atoms with Gasteiger partial charge in [-0.25, -0.2) is 0 Å². The molecule has 2 fully saturated rings. The maximum Gasteiger partial charge on any atom is 0.0781 e. The number of ether oxygens (including phenoxy) is 2. The Hall–Kier alpha value is -0.420. The highest BCUT2D eigenvalue weighted by Gasteiger charge is 2.42. The molecule has 0 radical (unpaired) electrons. The highest BCUT2D eigenvalue weighted by atomic mass is 32.1. The molecule has 4 heteroatoms. The van der Waals surface area contributed by atoms with Gasteiger partial charge in [-0.3, -0.25) is 4.90 Å². The summed E-state index contributed by atoms with van der Waals surface area (Å²) in [5.41, 5.74) is 0. The molecular weight excluding hydrogens is 258 g/mol. The minimum absolute atomic E-state index is 0.389. The number of fused-ring (bicyclic) bond motifs is 1. The summed E-state index contributed by atoms with van der Waals surface area (Å²) in [6, 6.07) is 4.98. The molecule has 1 aliphatic heterocycles. The molecule has 0 amide bonds. The summed E-state index contributed by atoms with van der Waals surface area (Å²) in [6.07, 6.45) is 2.89. The van der Waals surface area contributed by atoms with Crippen LogP contribution in [0.1, 0.15) is 24.6 Å². The summed E-state index contributed by atoms with van der Waals surface area (Å²) in [5, 5.41) is 2.17. The van der Waals surface area contributed by atoms with Crippen LogP contribution >= 0.6 is 11.3 Å². The van der Waals surface area contributed by atoms with Gasteiger partial charge in [0.1, 0.15) is 0 Å².